The third kappa shape index (κ3) is 1.59. The van der Waals surface area contributed by atoms with Crippen molar-refractivity contribution in [3.05, 3.63) is 48.8 Å². The van der Waals surface area contributed by atoms with Gasteiger partial charge in [-0.2, -0.15) is 0 Å². The number of nitrogen functional groups attached to an aromatic ring is 1. The summed E-state index contributed by atoms with van der Waals surface area (Å²) in [5.41, 5.74) is 7.64. The molecule has 4 heteroatoms. The van der Waals surface area contributed by atoms with E-state index in [0.29, 0.717) is 5.82 Å². The molecule has 0 bridgehead atoms. The number of nitrogens with zero attached hydrogens (tertiary/aromatic N) is 3. The lowest BCUT2D eigenvalue weighted by molar-refractivity contribution is 1.06. The highest BCUT2D eigenvalue weighted by Crippen LogP contribution is 2.27. The van der Waals surface area contributed by atoms with Crippen LogP contribution in [0.15, 0.2) is 48.8 Å². The van der Waals surface area contributed by atoms with Crippen LogP contribution in [0.3, 0.4) is 0 Å². The van der Waals surface area contributed by atoms with Crippen LogP contribution in [0.25, 0.3) is 22.0 Å². The maximum absolute atomic E-state index is 5.79. The molecule has 0 aliphatic heterocycles. The summed E-state index contributed by atoms with van der Waals surface area (Å²) in [5.74, 6) is 0.410. The van der Waals surface area contributed by atoms with Crippen LogP contribution in [-0.2, 0) is 0 Å². The van der Waals surface area contributed by atoms with Crippen molar-refractivity contribution < 1.29 is 0 Å². The van der Waals surface area contributed by atoms with Gasteiger partial charge in [0, 0.05) is 28.7 Å². The minimum atomic E-state index is 0.410. The molecule has 4 nitrogen and oxygen atoms in total. The van der Waals surface area contributed by atoms with Crippen molar-refractivity contribution in [3.63, 3.8) is 0 Å². The number of anilines is 1. The molecule has 0 saturated carbocycles. The van der Waals surface area contributed by atoms with E-state index < -0.39 is 0 Å². The van der Waals surface area contributed by atoms with Crippen LogP contribution in [-0.4, -0.2) is 15.2 Å². The number of nitrogens with two attached hydrogens (primary N) is 1. The van der Waals surface area contributed by atoms with Crippen molar-refractivity contribution >= 4 is 16.6 Å². The standard InChI is InChI=1S/C13H10N4/c14-13-11-8-15-7-6-10(11)12(16-17-13)9-4-2-1-3-5-9/h1-8H,(H2,14,17). The Kier molecular flexibility index (Phi) is 2.19. The first-order valence-corrected chi connectivity index (χ1v) is 5.27. The first-order valence-electron chi connectivity index (χ1n) is 5.27. The van der Waals surface area contributed by atoms with Crippen molar-refractivity contribution in [2.75, 3.05) is 5.73 Å². The quantitative estimate of drug-likeness (QED) is 0.686. The van der Waals surface area contributed by atoms with E-state index in [-0.39, 0.29) is 0 Å². The van der Waals surface area contributed by atoms with Gasteiger partial charge < -0.3 is 5.73 Å². The summed E-state index contributed by atoms with van der Waals surface area (Å²) in [6.45, 7) is 0. The number of fused-ring (bicyclic) bond motifs is 1. The maximum Gasteiger partial charge on any atom is 0.155 e. The molecular formula is C13H10N4. The van der Waals surface area contributed by atoms with Crippen LogP contribution in [0.5, 0.6) is 0 Å². The van der Waals surface area contributed by atoms with Gasteiger partial charge in [0.15, 0.2) is 5.82 Å². The highest BCUT2D eigenvalue weighted by molar-refractivity contribution is 5.98. The van der Waals surface area contributed by atoms with Crippen molar-refractivity contribution in [2.24, 2.45) is 0 Å². The van der Waals surface area contributed by atoms with Gasteiger partial charge in [0.25, 0.3) is 0 Å². The second kappa shape index (κ2) is 3.83. The molecule has 2 aromatic heterocycles. The van der Waals surface area contributed by atoms with E-state index >= 15 is 0 Å². The largest absolute Gasteiger partial charge is 0.382 e. The van der Waals surface area contributed by atoms with Gasteiger partial charge in [-0.25, -0.2) is 0 Å². The maximum atomic E-state index is 5.79. The van der Waals surface area contributed by atoms with Crippen LogP contribution in [0.2, 0.25) is 0 Å². The van der Waals surface area contributed by atoms with Gasteiger partial charge in [-0.15, -0.1) is 10.2 Å². The average Bonchev–Trinajstić information content (AvgIpc) is 2.41. The smallest absolute Gasteiger partial charge is 0.155 e. The zero-order valence-electron chi connectivity index (χ0n) is 9.04. The van der Waals surface area contributed by atoms with E-state index in [2.05, 4.69) is 15.2 Å². The molecule has 0 saturated heterocycles. The van der Waals surface area contributed by atoms with Gasteiger partial charge in [0.05, 0.1) is 0 Å². The Morgan fingerprint density at radius 2 is 1.71 bits per heavy atom. The highest BCUT2D eigenvalue weighted by atomic mass is 15.1. The highest BCUT2D eigenvalue weighted by Gasteiger charge is 2.08. The van der Waals surface area contributed by atoms with Crippen LogP contribution in [0.1, 0.15) is 0 Å². The van der Waals surface area contributed by atoms with Gasteiger partial charge in [0.2, 0.25) is 0 Å². The normalized spacial score (nSPS) is 10.6. The SMILES string of the molecule is Nc1nnc(-c2ccccc2)c2ccncc12. The van der Waals surface area contributed by atoms with Crippen molar-refractivity contribution in [1.29, 1.82) is 0 Å². The van der Waals surface area contributed by atoms with Gasteiger partial charge in [-0.3, -0.25) is 4.98 Å². The molecule has 3 aromatic rings. The third-order valence-electron chi connectivity index (χ3n) is 2.66. The van der Waals surface area contributed by atoms with E-state index in [1.165, 1.54) is 0 Å². The topological polar surface area (TPSA) is 64.7 Å². The number of hydrogen-bond donors (Lipinski definition) is 1. The second-order valence-corrected chi connectivity index (χ2v) is 3.72. The van der Waals surface area contributed by atoms with Crippen molar-refractivity contribution in [2.45, 2.75) is 0 Å². The molecule has 0 amide bonds. The number of hydrogen-bond acceptors (Lipinski definition) is 4. The fourth-order valence-corrected chi connectivity index (χ4v) is 1.83. The van der Waals surface area contributed by atoms with E-state index in [0.717, 1.165) is 22.0 Å². The summed E-state index contributed by atoms with van der Waals surface area (Å²) in [7, 11) is 0. The predicted molar refractivity (Wildman–Crippen MR) is 67.2 cm³/mol. The molecule has 17 heavy (non-hydrogen) atoms. The van der Waals surface area contributed by atoms with Gasteiger partial charge in [-0.1, -0.05) is 30.3 Å². The zero-order chi connectivity index (χ0) is 11.7. The predicted octanol–water partition coefficient (Wildman–Crippen LogP) is 2.27. The Hall–Kier alpha value is -2.49. The second-order valence-electron chi connectivity index (χ2n) is 3.72. The number of pyridine rings is 1. The Morgan fingerprint density at radius 3 is 2.53 bits per heavy atom. The van der Waals surface area contributed by atoms with Crippen LogP contribution in [0.4, 0.5) is 5.82 Å². The summed E-state index contributed by atoms with van der Waals surface area (Å²) in [5, 5.41) is 9.95. The molecule has 0 unspecified atom stereocenters. The Morgan fingerprint density at radius 1 is 0.882 bits per heavy atom. The number of benzene rings is 1. The summed E-state index contributed by atoms with van der Waals surface area (Å²) < 4.78 is 0. The summed E-state index contributed by atoms with van der Waals surface area (Å²) in [6, 6.07) is 11.8. The minimum absolute atomic E-state index is 0.410. The van der Waals surface area contributed by atoms with E-state index in [9.17, 15) is 0 Å². The molecule has 0 aliphatic carbocycles. The number of aromatic nitrogens is 3. The lowest BCUT2D eigenvalue weighted by Gasteiger charge is -2.05. The lowest BCUT2D eigenvalue weighted by atomic mass is 10.1. The monoisotopic (exact) mass is 222 g/mol. The minimum Gasteiger partial charge on any atom is -0.382 e. The van der Waals surface area contributed by atoms with Crippen LogP contribution >= 0.6 is 0 Å². The first kappa shape index (κ1) is 9.72. The molecule has 3 rings (SSSR count). The molecule has 0 fully saturated rings. The number of rotatable bonds is 1. The Bertz CT molecular complexity index is 665. The van der Waals surface area contributed by atoms with Crippen LogP contribution < -0.4 is 5.73 Å². The van der Waals surface area contributed by atoms with E-state index in [1.54, 1.807) is 12.4 Å². The van der Waals surface area contributed by atoms with E-state index in [1.807, 2.05) is 36.4 Å². The molecule has 0 spiro atoms. The fourth-order valence-electron chi connectivity index (χ4n) is 1.83. The molecule has 1 aromatic carbocycles. The van der Waals surface area contributed by atoms with Crippen molar-refractivity contribution in [1.82, 2.24) is 15.2 Å². The van der Waals surface area contributed by atoms with Gasteiger partial charge in [0.1, 0.15) is 5.69 Å². The average molecular weight is 222 g/mol. The molecule has 82 valence electrons. The summed E-state index contributed by atoms with van der Waals surface area (Å²) >= 11 is 0. The fraction of sp³-hybridized carbons (Fsp3) is 0. The summed E-state index contributed by atoms with van der Waals surface area (Å²) in [4.78, 5) is 4.06. The molecule has 0 radical (unpaired) electrons. The van der Waals surface area contributed by atoms with Crippen molar-refractivity contribution in [3.8, 4) is 11.3 Å². The van der Waals surface area contributed by atoms with Gasteiger partial charge in [-0.05, 0) is 6.07 Å². The molecule has 0 aliphatic rings. The van der Waals surface area contributed by atoms with Crippen LogP contribution in [0, 0.1) is 0 Å². The summed E-state index contributed by atoms with van der Waals surface area (Å²) in [6.07, 6.45) is 3.45. The Balaban J connectivity index is 2.35. The van der Waals surface area contributed by atoms with E-state index in [4.69, 9.17) is 5.73 Å². The molecule has 2 heterocycles. The zero-order valence-corrected chi connectivity index (χ0v) is 9.04. The molecule has 2 N–H and O–H groups in total. The molecule has 0 atom stereocenters. The lowest BCUT2D eigenvalue weighted by Crippen LogP contribution is -1.97. The first-order chi connectivity index (χ1) is 8.36. The molecular weight excluding hydrogens is 212 g/mol. The van der Waals surface area contributed by atoms with Gasteiger partial charge >= 0.3 is 0 Å². The Labute approximate surface area is 98.1 Å². The third-order valence-corrected chi connectivity index (χ3v) is 2.66.